The maximum Gasteiger partial charge on any atom is 0.0134 e. The number of rotatable bonds is 4. The second kappa shape index (κ2) is 3.97. The number of hydrogen-bond donors (Lipinski definition) is 1. The van der Waals surface area contributed by atoms with Gasteiger partial charge in [0.05, 0.1) is 0 Å². The van der Waals surface area contributed by atoms with Crippen LogP contribution in [0.15, 0.2) is 30.3 Å². The van der Waals surface area contributed by atoms with Gasteiger partial charge in [-0.25, -0.2) is 0 Å². The molecule has 0 bridgehead atoms. The zero-order valence-corrected chi connectivity index (χ0v) is 9.74. The van der Waals surface area contributed by atoms with Crippen LogP contribution in [-0.2, 0) is 5.41 Å². The first-order chi connectivity index (χ1) is 7.10. The minimum absolute atomic E-state index is 0.101. The maximum atomic E-state index is 6.32. The minimum atomic E-state index is 0.101. The standard InChI is InChI=1S/C14H21N/c1-14(2,12-6-4-3-5-7-12)13(15)10-11-8-9-11/h3-7,11,13H,8-10,15H2,1-2H3. The van der Waals surface area contributed by atoms with Crippen LogP contribution in [0.3, 0.4) is 0 Å². The van der Waals surface area contributed by atoms with Crippen molar-refractivity contribution in [2.24, 2.45) is 11.7 Å². The SMILES string of the molecule is CC(C)(c1ccccc1)C(N)CC1CC1. The highest BCUT2D eigenvalue weighted by Crippen LogP contribution is 2.38. The smallest absolute Gasteiger partial charge is 0.0134 e. The third-order valence-corrected chi connectivity index (χ3v) is 3.73. The first-order valence-electron chi connectivity index (χ1n) is 5.92. The summed E-state index contributed by atoms with van der Waals surface area (Å²) in [6.07, 6.45) is 3.96. The van der Waals surface area contributed by atoms with E-state index in [1.54, 1.807) is 0 Å². The van der Waals surface area contributed by atoms with Crippen molar-refractivity contribution in [1.29, 1.82) is 0 Å². The number of benzene rings is 1. The molecular weight excluding hydrogens is 182 g/mol. The summed E-state index contributed by atoms with van der Waals surface area (Å²) in [7, 11) is 0. The Kier molecular flexibility index (Phi) is 2.83. The van der Waals surface area contributed by atoms with E-state index in [0.717, 1.165) is 5.92 Å². The number of hydrogen-bond acceptors (Lipinski definition) is 1. The van der Waals surface area contributed by atoms with Gasteiger partial charge in [0.15, 0.2) is 0 Å². The molecule has 0 amide bonds. The van der Waals surface area contributed by atoms with Crippen molar-refractivity contribution in [3.63, 3.8) is 0 Å². The monoisotopic (exact) mass is 203 g/mol. The van der Waals surface area contributed by atoms with Gasteiger partial charge in [-0.1, -0.05) is 57.0 Å². The summed E-state index contributed by atoms with van der Waals surface area (Å²) < 4.78 is 0. The molecule has 1 aliphatic rings. The predicted molar refractivity (Wildman–Crippen MR) is 64.8 cm³/mol. The van der Waals surface area contributed by atoms with Crippen molar-refractivity contribution in [2.45, 2.75) is 44.6 Å². The van der Waals surface area contributed by atoms with Gasteiger partial charge in [-0.3, -0.25) is 0 Å². The van der Waals surface area contributed by atoms with Gasteiger partial charge in [-0.05, 0) is 17.9 Å². The Morgan fingerprint density at radius 3 is 2.40 bits per heavy atom. The van der Waals surface area contributed by atoms with Crippen LogP contribution in [0.4, 0.5) is 0 Å². The summed E-state index contributed by atoms with van der Waals surface area (Å²) in [4.78, 5) is 0. The van der Waals surface area contributed by atoms with Crippen LogP contribution in [0, 0.1) is 5.92 Å². The predicted octanol–water partition coefficient (Wildman–Crippen LogP) is 3.09. The third-order valence-electron chi connectivity index (χ3n) is 3.73. The Morgan fingerprint density at radius 2 is 1.87 bits per heavy atom. The molecule has 1 aromatic rings. The Bertz CT molecular complexity index is 311. The summed E-state index contributed by atoms with van der Waals surface area (Å²) in [5, 5.41) is 0. The largest absolute Gasteiger partial charge is 0.327 e. The van der Waals surface area contributed by atoms with Crippen LogP contribution in [-0.4, -0.2) is 6.04 Å². The molecule has 2 N–H and O–H groups in total. The van der Waals surface area contributed by atoms with Crippen molar-refractivity contribution >= 4 is 0 Å². The lowest BCUT2D eigenvalue weighted by Crippen LogP contribution is -2.41. The van der Waals surface area contributed by atoms with Gasteiger partial charge in [0.1, 0.15) is 0 Å². The molecule has 0 aliphatic heterocycles. The molecule has 0 spiro atoms. The normalized spacial score (nSPS) is 18.9. The quantitative estimate of drug-likeness (QED) is 0.799. The van der Waals surface area contributed by atoms with Crippen molar-refractivity contribution in [3.05, 3.63) is 35.9 Å². The van der Waals surface area contributed by atoms with Crippen LogP contribution in [0.1, 0.15) is 38.7 Å². The van der Waals surface area contributed by atoms with Crippen LogP contribution < -0.4 is 5.73 Å². The van der Waals surface area contributed by atoms with Crippen LogP contribution in [0.5, 0.6) is 0 Å². The Labute approximate surface area is 92.7 Å². The van der Waals surface area contributed by atoms with E-state index in [1.807, 2.05) is 0 Å². The molecule has 1 nitrogen and oxygen atoms in total. The lowest BCUT2D eigenvalue weighted by Gasteiger charge is -2.32. The average Bonchev–Trinajstić information content (AvgIpc) is 3.03. The molecule has 1 saturated carbocycles. The molecule has 1 aliphatic carbocycles. The molecule has 1 heteroatoms. The Hall–Kier alpha value is -0.820. The highest BCUT2D eigenvalue weighted by Gasteiger charge is 2.33. The van der Waals surface area contributed by atoms with E-state index >= 15 is 0 Å². The Balaban J connectivity index is 2.10. The molecule has 1 atom stereocenters. The van der Waals surface area contributed by atoms with Gasteiger partial charge in [-0.15, -0.1) is 0 Å². The summed E-state index contributed by atoms with van der Waals surface area (Å²) >= 11 is 0. The summed E-state index contributed by atoms with van der Waals surface area (Å²) in [5.41, 5.74) is 7.78. The number of nitrogens with two attached hydrogens (primary N) is 1. The summed E-state index contributed by atoms with van der Waals surface area (Å²) in [6.45, 7) is 4.52. The maximum absolute atomic E-state index is 6.32. The van der Waals surface area contributed by atoms with E-state index < -0.39 is 0 Å². The van der Waals surface area contributed by atoms with Gasteiger partial charge in [0.2, 0.25) is 0 Å². The summed E-state index contributed by atoms with van der Waals surface area (Å²) in [5.74, 6) is 0.906. The van der Waals surface area contributed by atoms with Gasteiger partial charge in [0.25, 0.3) is 0 Å². The van der Waals surface area contributed by atoms with E-state index in [0.29, 0.717) is 0 Å². The molecule has 1 aromatic carbocycles. The molecule has 0 radical (unpaired) electrons. The molecule has 0 saturated heterocycles. The lowest BCUT2D eigenvalue weighted by molar-refractivity contribution is 0.374. The van der Waals surface area contributed by atoms with Crippen LogP contribution >= 0.6 is 0 Å². The lowest BCUT2D eigenvalue weighted by atomic mass is 9.76. The molecule has 1 unspecified atom stereocenters. The molecule has 0 aromatic heterocycles. The van der Waals surface area contributed by atoms with Crippen LogP contribution in [0.2, 0.25) is 0 Å². The van der Waals surface area contributed by atoms with E-state index in [1.165, 1.54) is 24.8 Å². The highest BCUT2D eigenvalue weighted by molar-refractivity contribution is 5.25. The van der Waals surface area contributed by atoms with Gasteiger partial charge >= 0.3 is 0 Å². The zero-order chi connectivity index (χ0) is 10.9. The fourth-order valence-corrected chi connectivity index (χ4v) is 2.09. The second-order valence-corrected chi connectivity index (χ2v) is 5.37. The topological polar surface area (TPSA) is 26.0 Å². The fourth-order valence-electron chi connectivity index (χ4n) is 2.09. The van der Waals surface area contributed by atoms with E-state index in [2.05, 4.69) is 44.2 Å². The van der Waals surface area contributed by atoms with E-state index in [4.69, 9.17) is 5.73 Å². The summed E-state index contributed by atoms with van der Waals surface area (Å²) in [6, 6.07) is 10.9. The van der Waals surface area contributed by atoms with E-state index in [9.17, 15) is 0 Å². The molecule has 0 heterocycles. The molecule has 15 heavy (non-hydrogen) atoms. The first kappa shape index (κ1) is 10.7. The van der Waals surface area contributed by atoms with Gasteiger partial charge in [-0.2, -0.15) is 0 Å². The van der Waals surface area contributed by atoms with Crippen molar-refractivity contribution < 1.29 is 0 Å². The Morgan fingerprint density at radius 1 is 1.27 bits per heavy atom. The first-order valence-corrected chi connectivity index (χ1v) is 5.92. The van der Waals surface area contributed by atoms with Crippen molar-refractivity contribution in [2.75, 3.05) is 0 Å². The molecular formula is C14H21N. The van der Waals surface area contributed by atoms with Gasteiger partial charge < -0.3 is 5.73 Å². The van der Waals surface area contributed by atoms with Crippen molar-refractivity contribution in [3.8, 4) is 0 Å². The minimum Gasteiger partial charge on any atom is -0.327 e. The molecule has 1 fully saturated rings. The molecule has 82 valence electrons. The van der Waals surface area contributed by atoms with Crippen molar-refractivity contribution in [1.82, 2.24) is 0 Å². The fraction of sp³-hybridized carbons (Fsp3) is 0.571. The van der Waals surface area contributed by atoms with E-state index in [-0.39, 0.29) is 11.5 Å². The highest BCUT2D eigenvalue weighted by atomic mass is 14.7. The zero-order valence-electron chi connectivity index (χ0n) is 9.74. The third kappa shape index (κ3) is 2.40. The van der Waals surface area contributed by atoms with Gasteiger partial charge in [0, 0.05) is 11.5 Å². The van der Waals surface area contributed by atoms with Crippen LogP contribution in [0.25, 0.3) is 0 Å². The molecule has 2 rings (SSSR count). The second-order valence-electron chi connectivity index (χ2n) is 5.37. The average molecular weight is 203 g/mol.